The lowest BCUT2D eigenvalue weighted by Gasteiger charge is -2.38. The Kier molecular flexibility index (Phi) is 6.53. The monoisotopic (exact) mass is 510 g/mol. The van der Waals surface area contributed by atoms with Crippen LogP contribution in [0.5, 0.6) is 0 Å². The zero-order valence-corrected chi connectivity index (χ0v) is 22.3. The Labute approximate surface area is 222 Å². The molecule has 6 rings (SSSR count). The molecule has 1 unspecified atom stereocenters. The number of imidazole rings is 1. The van der Waals surface area contributed by atoms with Gasteiger partial charge in [0.25, 0.3) is 0 Å². The maximum atomic E-state index is 12.4. The molecule has 0 bridgehead atoms. The minimum absolute atomic E-state index is 0.271. The van der Waals surface area contributed by atoms with Crippen LogP contribution in [-0.2, 0) is 11.2 Å². The largest absolute Gasteiger partial charge is 0.363 e. The maximum Gasteiger partial charge on any atom is 0.225 e. The van der Waals surface area contributed by atoms with Gasteiger partial charge in [0.05, 0.1) is 16.7 Å². The van der Waals surface area contributed by atoms with E-state index in [0.29, 0.717) is 18.2 Å². The SMILES string of the molecule is CC(c1ccnc(Cc2nc3ccc(-c4cc(N(C)C)ncn4)cc3[nH]2)c1)N1CCN(C(=O)C2CC2)CC1. The summed E-state index contributed by atoms with van der Waals surface area (Å²) >= 11 is 0. The van der Waals surface area contributed by atoms with E-state index in [0.717, 1.165) is 78.6 Å². The minimum atomic E-state index is 0.271. The van der Waals surface area contributed by atoms with Crippen molar-refractivity contribution in [2.45, 2.75) is 32.2 Å². The number of hydrogen-bond donors (Lipinski definition) is 1. The highest BCUT2D eigenvalue weighted by Gasteiger charge is 2.35. The maximum absolute atomic E-state index is 12.4. The summed E-state index contributed by atoms with van der Waals surface area (Å²) in [7, 11) is 3.94. The van der Waals surface area contributed by atoms with Gasteiger partial charge in [0.2, 0.25) is 5.91 Å². The van der Waals surface area contributed by atoms with Gasteiger partial charge in [-0.15, -0.1) is 0 Å². The van der Waals surface area contributed by atoms with Crippen molar-refractivity contribution in [1.82, 2.24) is 34.7 Å². The fraction of sp³-hybridized carbons (Fsp3) is 0.414. The Morgan fingerprint density at radius 1 is 1.05 bits per heavy atom. The van der Waals surface area contributed by atoms with Gasteiger partial charge in [-0.2, -0.15) is 0 Å². The van der Waals surface area contributed by atoms with E-state index in [-0.39, 0.29) is 6.04 Å². The van der Waals surface area contributed by atoms with Crippen molar-refractivity contribution in [2.24, 2.45) is 5.92 Å². The van der Waals surface area contributed by atoms with Crippen LogP contribution in [0.15, 0.2) is 48.9 Å². The third kappa shape index (κ3) is 5.11. The molecule has 1 atom stereocenters. The van der Waals surface area contributed by atoms with Crippen molar-refractivity contribution in [3.8, 4) is 11.3 Å². The number of carbonyl (C=O) groups excluding carboxylic acids is 1. The summed E-state index contributed by atoms with van der Waals surface area (Å²) < 4.78 is 0. The standard InChI is InChI=1S/C29H34N8O/c1-19(36-10-12-37(13-11-36)29(38)20-4-5-20)21-8-9-30-23(14-21)16-27-33-24-7-6-22(15-26(24)34-27)25-17-28(35(2)3)32-18-31-25/h6-9,14-15,17-20H,4-5,10-13,16H2,1-3H3,(H,33,34). The lowest BCUT2D eigenvalue weighted by Crippen LogP contribution is -2.49. The molecule has 1 aliphatic carbocycles. The first-order valence-electron chi connectivity index (χ1n) is 13.4. The van der Waals surface area contributed by atoms with Gasteiger partial charge < -0.3 is 14.8 Å². The van der Waals surface area contributed by atoms with Gasteiger partial charge in [-0.25, -0.2) is 15.0 Å². The van der Waals surface area contributed by atoms with Crippen molar-refractivity contribution in [2.75, 3.05) is 45.2 Å². The number of piperazine rings is 1. The number of rotatable bonds is 7. The summed E-state index contributed by atoms with van der Waals surface area (Å²) in [6, 6.07) is 12.7. The molecule has 0 radical (unpaired) electrons. The molecule has 1 aliphatic heterocycles. The number of pyridine rings is 1. The van der Waals surface area contributed by atoms with Crippen molar-refractivity contribution >= 4 is 22.8 Å². The Hall–Kier alpha value is -3.85. The number of fused-ring (bicyclic) bond motifs is 1. The van der Waals surface area contributed by atoms with Gasteiger partial charge in [-0.1, -0.05) is 6.07 Å². The third-order valence-electron chi connectivity index (χ3n) is 7.71. The van der Waals surface area contributed by atoms with Crippen LogP contribution in [0.25, 0.3) is 22.3 Å². The van der Waals surface area contributed by atoms with E-state index >= 15 is 0 Å². The Morgan fingerprint density at radius 2 is 1.87 bits per heavy atom. The molecule has 38 heavy (non-hydrogen) atoms. The third-order valence-corrected chi connectivity index (χ3v) is 7.71. The first kappa shape index (κ1) is 24.5. The van der Waals surface area contributed by atoms with Crippen LogP contribution in [0.4, 0.5) is 5.82 Å². The quantitative estimate of drug-likeness (QED) is 0.405. The summed E-state index contributed by atoms with van der Waals surface area (Å²) in [5, 5.41) is 0. The molecule has 0 spiro atoms. The molecule has 1 saturated carbocycles. The van der Waals surface area contributed by atoms with Crippen LogP contribution >= 0.6 is 0 Å². The zero-order valence-electron chi connectivity index (χ0n) is 22.3. The number of anilines is 1. The van der Waals surface area contributed by atoms with E-state index in [2.05, 4.69) is 54.9 Å². The predicted octanol–water partition coefficient (Wildman–Crippen LogP) is 3.69. The van der Waals surface area contributed by atoms with Crippen LogP contribution in [-0.4, -0.2) is 80.9 Å². The molecule has 9 nitrogen and oxygen atoms in total. The second-order valence-electron chi connectivity index (χ2n) is 10.6. The molecular formula is C29H34N8O. The summed E-state index contributed by atoms with van der Waals surface area (Å²) in [5.41, 5.74) is 6.03. The number of benzene rings is 1. The topological polar surface area (TPSA) is 94.1 Å². The van der Waals surface area contributed by atoms with Crippen LogP contribution in [0.1, 0.15) is 42.9 Å². The number of H-pyrrole nitrogens is 1. The highest BCUT2D eigenvalue weighted by molar-refractivity contribution is 5.82. The average molecular weight is 511 g/mol. The number of amides is 1. The van der Waals surface area contributed by atoms with Gasteiger partial charge in [-0.3, -0.25) is 14.7 Å². The van der Waals surface area contributed by atoms with Crippen LogP contribution in [0.3, 0.4) is 0 Å². The summed E-state index contributed by atoms with van der Waals surface area (Å²) in [4.78, 5) is 40.6. The minimum Gasteiger partial charge on any atom is -0.363 e. The smallest absolute Gasteiger partial charge is 0.225 e. The second-order valence-corrected chi connectivity index (χ2v) is 10.6. The fourth-order valence-electron chi connectivity index (χ4n) is 5.21. The van der Waals surface area contributed by atoms with Gasteiger partial charge in [0, 0.05) is 82.2 Å². The molecule has 2 fully saturated rings. The molecular weight excluding hydrogens is 476 g/mol. The molecule has 1 aromatic carbocycles. The molecule has 2 aliphatic rings. The van der Waals surface area contributed by atoms with Gasteiger partial charge in [-0.05, 0) is 49.6 Å². The highest BCUT2D eigenvalue weighted by atomic mass is 16.2. The molecule has 4 aromatic rings. The summed E-state index contributed by atoms with van der Waals surface area (Å²) in [5.74, 6) is 2.42. The Bertz CT molecular complexity index is 1450. The zero-order chi connectivity index (χ0) is 26.2. The lowest BCUT2D eigenvalue weighted by molar-refractivity contribution is -0.134. The molecule has 9 heteroatoms. The Balaban J connectivity index is 1.14. The molecule has 3 aromatic heterocycles. The van der Waals surface area contributed by atoms with Gasteiger partial charge in [0.15, 0.2) is 0 Å². The van der Waals surface area contributed by atoms with Crippen molar-refractivity contribution in [3.05, 3.63) is 66.0 Å². The van der Waals surface area contributed by atoms with E-state index in [4.69, 9.17) is 4.98 Å². The number of aromatic amines is 1. The predicted molar refractivity (Wildman–Crippen MR) is 148 cm³/mol. The molecule has 1 amide bonds. The van der Waals surface area contributed by atoms with E-state index < -0.39 is 0 Å². The van der Waals surface area contributed by atoms with E-state index in [9.17, 15) is 4.79 Å². The lowest BCUT2D eigenvalue weighted by atomic mass is 10.1. The van der Waals surface area contributed by atoms with E-state index in [1.165, 1.54) is 5.56 Å². The second kappa shape index (κ2) is 10.1. The van der Waals surface area contributed by atoms with Crippen LogP contribution < -0.4 is 4.90 Å². The molecule has 196 valence electrons. The van der Waals surface area contributed by atoms with Crippen molar-refractivity contribution in [3.63, 3.8) is 0 Å². The number of hydrogen-bond acceptors (Lipinski definition) is 7. The normalized spacial score (nSPS) is 17.1. The summed E-state index contributed by atoms with van der Waals surface area (Å²) in [6.07, 6.45) is 6.27. The van der Waals surface area contributed by atoms with Crippen LogP contribution in [0.2, 0.25) is 0 Å². The number of aromatic nitrogens is 5. The first-order valence-corrected chi connectivity index (χ1v) is 13.4. The Morgan fingerprint density at radius 3 is 2.63 bits per heavy atom. The van der Waals surface area contributed by atoms with E-state index in [1.54, 1.807) is 6.33 Å². The molecule has 4 heterocycles. The van der Waals surface area contributed by atoms with Gasteiger partial charge >= 0.3 is 0 Å². The molecule has 1 N–H and O–H groups in total. The number of carbonyl (C=O) groups is 1. The highest BCUT2D eigenvalue weighted by Crippen LogP contribution is 2.32. The average Bonchev–Trinajstić information content (AvgIpc) is 3.72. The van der Waals surface area contributed by atoms with Crippen LogP contribution in [0, 0.1) is 5.92 Å². The molecule has 1 saturated heterocycles. The number of nitrogens with zero attached hydrogens (tertiary/aromatic N) is 7. The fourth-order valence-corrected chi connectivity index (χ4v) is 5.21. The number of nitrogens with one attached hydrogen (secondary N) is 1. The van der Waals surface area contributed by atoms with Crippen molar-refractivity contribution in [1.29, 1.82) is 0 Å². The van der Waals surface area contributed by atoms with E-state index in [1.807, 2.05) is 43.4 Å². The van der Waals surface area contributed by atoms with Gasteiger partial charge in [0.1, 0.15) is 18.0 Å². The first-order chi connectivity index (χ1) is 18.4. The van der Waals surface area contributed by atoms with Crippen molar-refractivity contribution < 1.29 is 4.79 Å². The summed E-state index contributed by atoms with van der Waals surface area (Å²) in [6.45, 7) is 5.71.